The van der Waals surface area contributed by atoms with Crippen molar-refractivity contribution in [3.63, 3.8) is 0 Å². The van der Waals surface area contributed by atoms with Crippen molar-refractivity contribution in [3.8, 4) is 16.8 Å². The van der Waals surface area contributed by atoms with Crippen molar-refractivity contribution in [1.82, 2.24) is 4.57 Å². The van der Waals surface area contributed by atoms with Crippen LogP contribution in [-0.4, -0.2) is 4.57 Å². The molecular formula is C34H22NOP. The normalized spacial score (nSPS) is 16.3. The van der Waals surface area contributed by atoms with Crippen LogP contribution in [0.5, 0.6) is 0 Å². The Morgan fingerprint density at radius 1 is 0.541 bits per heavy atom. The monoisotopic (exact) mass is 491 g/mol. The van der Waals surface area contributed by atoms with Crippen molar-refractivity contribution >= 4 is 55.6 Å². The molecule has 0 N–H and O–H groups in total. The molecule has 0 radical (unpaired) electrons. The summed E-state index contributed by atoms with van der Waals surface area (Å²) in [7, 11) is -3.02. The largest absolute Gasteiger partial charge is 0.309 e. The van der Waals surface area contributed by atoms with Gasteiger partial charge in [0.1, 0.15) is 0 Å². The highest BCUT2D eigenvalue weighted by Gasteiger charge is 2.41. The van der Waals surface area contributed by atoms with Gasteiger partial charge in [0.05, 0.1) is 11.0 Å². The topological polar surface area (TPSA) is 22.0 Å². The van der Waals surface area contributed by atoms with Crippen LogP contribution in [0.15, 0.2) is 133 Å². The smallest absolute Gasteiger partial charge is 0.172 e. The summed E-state index contributed by atoms with van der Waals surface area (Å²) in [5.74, 6) is 0. The molecule has 1 aliphatic rings. The lowest BCUT2D eigenvalue weighted by atomic mass is 10.00. The fourth-order valence-electron chi connectivity index (χ4n) is 6.24. The second kappa shape index (κ2) is 7.56. The predicted molar refractivity (Wildman–Crippen MR) is 157 cm³/mol. The minimum Gasteiger partial charge on any atom is -0.309 e. The highest BCUT2D eigenvalue weighted by Crippen LogP contribution is 2.55. The van der Waals surface area contributed by atoms with Crippen molar-refractivity contribution in [2.75, 3.05) is 0 Å². The molecule has 174 valence electrons. The van der Waals surface area contributed by atoms with Gasteiger partial charge >= 0.3 is 0 Å². The van der Waals surface area contributed by atoms with Crippen LogP contribution in [0.2, 0.25) is 0 Å². The zero-order valence-corrected chi connectivity index (χ0v) is 20.9. The van der Waals surface area contributed by atoms with Gasteiger partial charge in [-0.1, -0.05) is 109 Å². The molecule has 1 atom stereocenters. The number of rotatable bonds is 2. The number of fused-ring (bicyclic) bond motifs is 9. The molecule has 7 aromatic rings. The maximum Gasteiger partial charge on any atom is 0.172 e. The maximum atomic E-state index is 15.2. The van der Waals surface area contributed by atoms with E-state index in [1.54, 1.807) is 0 Å². The van der Waals surface area contributed by atoms with Crippen LogP contribution in [-0.2, 0) is 4.57 Å². The Bertz CT molecular complexity index is 2060. The van der Waals surface area contributed by atoms with E-state index in [1.165, 1.54) is 21.5 Å². The average Bonchev–Trinajstić information content (AvgIpc) is 3.45. The summed E-state index contributed by atoms with van der Waals surface area (Å²) in [6.07, 6.45) is 0. The number of aromatic nitrogens is 1. The first-order chi connectivity index (χ1) is 18.3. The van der Waals surface area contributed by atoms with Gasteiger partial charge < -0.3 is 9.13 Å². The molecule has 0 saturated carbocycles. The molecule has 0 spiro atoms. The summed E-state index contributed by atoms with van der Waals surface area (Å²) in [5, 5.41) is 7.61. The van der Waals surface area contributed by atoms with Gasteiger partial charge in [-0.25, -0.2) is 0 Å². The molecular weight excluding hydrogens is 469 g/mol. The molecule has 37 heavy (non-hydrogen) atoms. The number of para-hydroxylation sites is 1. The van der Waals surface area contributed by atoms with Gasteiger partial charge in [-0.05, 0) is 40.6 Å². The molecule has 0 bridgehead atoms. The minimum absolute atomic E-state index is 0.883. The van der Waals surface area contributed by atoms with Crippen LogP contribution >= 0.6 is 7.14 Å². The van der Waals surface area contributed by atoms with Crippen LogP contribution in [0, 0.1) is 0 Å². The lowest BCUT2D eigenvalue weighted by Crippen LogP contribution is -2.20. The molecule has 0 unspecified atom stereocenters. The summed E-state index contributed by atoms with van der Waals surface area (Å²) < 4.78 is 17.5. The second-order valence-electron chi connectivity index (χ2n) is 9.67. The summed E-state index contributed by atoms with van der Waals surface area (Å²) in [6, 6.07) is 46.1. The predicted octanol–water partition coefficient (Wildman–Crippen LogP) is 7.56. The fraction of sp³-hybridized carbons (Fsp3) is 0. The van der Waals surface area contributed by atoms with Gasteiger partial charge in [0.15, 0.2) is 7.14 Å². The summed E-state index contributed by atoms with van der Waals surface area (Å²) in [4.78, 5) is 0. The molecule has 1 aliphatic heterocycles. The van der Waals surface area contributed by atoms with Crippen molar-refractivity contribution in [1.29, 1.82) is 0 Å². The number of benzene rings is 6. The number of hydrogen-bond donors (Lipinski definition) is 0. The first kappa shape index (κ1) is 20.8. The maximum absolute atomic E-state index is 15.2. The fourth-order valence-corrected chi connectivity index (χ4v) is 9.30. The Kier molecular flexibility index (Phi) is 4.24. The van der Waals surface area contributed by atoms with E-state index >= 15 is 4.57 Å². The summed E-state index contributed by atoms with van der Waals surface area (Å²) >= 11 is 0. The Balaban J connectivity index is 1.63. The van der Waals surface area contributed by atoms with Crippen LogP contribution < -0.4 is 15.9 Å². The lowest BCUT2D eigenvalue weighted by molar-refractivity contribution is 0.593. The third-order valence-electron chi connectivity index (χ3n) is 7.78. The molecule has 1 aromatic heterocycles. The van der Waals surface area contributed by atoms with Crippen LogP contribution in [0.25, 0.3) is 49.4 Å². The third kappa shape index (κ3) is 2.68. The highest BCUT2D eigenvalue weighted by molar-refractivity contribution is 7.86. The SMILES string of the molecule is O=[P@@]1(c2ccccc2)c2ccccc2-c2c1ccc1c3c4ccccc4ccc3n(-c3ccccc3)c21. The van der Waals surface area contributed by atoms with E-state index < -0.39 is 7.14 Å². The number of nitrogens with zero attached hydrogens (tertiary/aromatic N) is 1. The molecule has 6 aromatic carbocycles. The first-order valence-corrected chi connectivity index (χ1v) is 14.3. The van der Waals surface area contributed by atoms with Crippen molar-refractivity contribution in [3.05, 3.63) is 133 Å². The van der Waals surface area contributed by atoms with Gasteiger partial charge in [0.2, 0.25) is 0 Å². The van der Waals surface area contributed by atoms with Gasteiger partial charge in [-0.3, -0.25) is 0 Å². The molecule has 0 amide bonds. The molecule has 0 aliphatic carbocycles. The zero-order valence-electron chi connectivity index (χ0n) is 20.0. The van der Waals surface area contributed by atoms with Gasteiger partial charge in [-0.15, -0.1) is 0 Å². The van der Waals surface area contributed by atoms with E-state index in [-0.39, 0.29) is 0 Å². The summed E-state index contributed by atoms with van der Waals surface area (Å²) in [5.41, 5.74) is 5.54. The van der Waals surface area contributed by atoms with Gasteiger partial charge in [0.25, 0.3) is 0 Å². The van der Waals surface area contributed by atoms with Crippen LogP contribution in [0.3, 0.4) is 0 Å². The molecule has 0 fully saturated rings. The average molecular weight is 492 g/mol. The van der Waals surface area contributed by atoms with E-state index in [2.05, 4.69) is 102 Å². The Morgan fingerprint density at radius 2 is 1.24 bits per heavy atom. The zero-order chi connectivity index (χ0) is 24.6. The number of hydrogen-bond acceptors (Lipinski definition) is 1. The highest BCUT2D eigenvalue weighted by atomic mass is 31.2. The van der Waals surface area contributed by atoms with E-state index in [1.807, 2.05) is 36.4 Å². The molecule has 2 heterocycles. The Labute approximate surface area is 214 Å². The van der Waals surface area contributed by atoms with Crippen molar-refractivity contribution in [2.24, 2.45) is 0 Å². The molecule has 2 nitrogen and oxygen atoms in total. The third-order valence-corrected chi connectivity index (χ3v) is 10.9. The molecule has 3 heteroatoms. The first-order valence-electron chi connectivity index (χ1n) is 12.6. The van der Waals surface area contributed by atoms with Crippen LogP contribution in [0.1, 0.15) is 0 Å². The van der Waals surface area contributed by atoms with E-state index in [4.69, 9.17) is 0 Å². The summed E-state index contributed by atoms with van der Waals surface area (Å²) in [6.45, 7) is 0. The quantitative estimate of drug-likeness (QED) is 0.229. The Hall–Kier alpha value is -4.39. The molecule has 8 rings (SSSR count). The minimum atomic E-state index is -3.02. The lowest BCUT2D eigenvalue weighted by Gasteiger charge is -2.16. The van der Waals surface area contributed by atoms with Gasteiger partial charge in [0, 0.05) is 37.9 Å². The van der Waals surface area contributed by atoms with E-state index in [0.717, 1.165) is 43.8 Å². The standard InChI is InChI=1S/C34H22NOP/c36-37(25-14-5-2-6-15-25)30-18-10-9-17-27(30)33-31(37)22-20-28-32-26-16-8-7-11-23(26)19-21-29(32)35(34(28)33)24-12-3-1-4-13-24/h1-22H/t37-/m0/s1. The van der Waals surface area contributed by atoms with Gasteiger partial charge in [-0.2, -0.15) is 0 Å². The van der Waals surface area contributed by atoms with Crippen molar-refractivity contribution < 1.29 is 4.57 Å². The Morgan fingerprint density at radius 3 is 2.08 bits per heavy atom. The molecule has 0 saturated heterocycles. The van der Waals surface area contributed by atoms with Crippen molar-refractivity contribution in [2.45, 2.75) is 0 Å². The second-order valence-corrected chi connectivity index (χ2v) is 12.4. The van der Waals surface area contributed by atoms with Crippen LogP contribution in [0.4, 0.5) is 0 Å². The van der Waals surface area contributed by atoms with E-state index in [0.29, 0.717) is 0 Å². The van der Waals surface area contributed by atoms with E-state index in [9.17, 15) is 0 Å².